The van der Waals surface area contributed by atoms with Gasteiger partial charge >= 0.3 is 0 Å². The molecule has 2 amide bonds. The Morgan fingerprint density at radius 2 is 1.65 bits per heavy atom. The Morgan fingerprint density at radius 1 is 0.903 bits per heavy atom. The normalized spacial score (nSPS) is 20.1. The second-order valence-corrected chi connectivity index (χ2v) is 9.71. The highest BCUT2D eigenvalue weighted by Crippen LogP contribution is 2.56. The van der Waals surface area contributed by atoms with E-state index in [1.807, 2.05) is 36.4 Å². The molecule has 0 bridgehead atoms. The summed E-state index contributed by atoms with van der Waals surface area (Å²) in [4.78, 5) is 29.1. The van der Waals surface area contributed by atoms with Crippen LogP contribution in [0.3, 0.4) is 0 Å². The van der Waals surface area contributed by atoms with Crippen molar-refractivity contribution in [2.24, 2.45) is 0 Å². The quantitative estimate of drug-likeness (QED) is 0.444. The minimum absolute atomic E-state index is 0.153. The molecule has 0 aliphatic carbocycles. The van der Waals surface area contributed by atoms with E-state index < -0.39 is 4.87 Å². The van der Waals surface area contributed by atoms with Crippen molar-refractivity contribution in [2.75, 3.05) is 15.6 Å². The minimum Gasteiger partial charge on any atom is -0.304 e. The van der Waals surface area contributed by atoms with Crippen molar-refractivity contribution in [3.63, 3.8) is 0 Å². The first-order chi connectivity index (χ1) is 14.9. The van der Waals surface area contributed by atoms with Crippen LogP contribution in [-0.4, -0.2) is 17.6 Å². The number of carbonyl (C=O) groups excluding carboxylic acids is 2. The maximum atomic E-state index is 14.0. The number of anilines is 2. The number of rotatable bonds is 3. The smallest absolute Gasteiger partial charge is 0.269 e. The summed E-state index contributed by atoms with van der Waals surface area (Å²) in [5, 5.41) is 1.35. The zero-order chi connectivity index (χ0) is 21.8. The standard InChI is InChI=1S/C23H15Cl3N2O2S/c24-15-7-5-14(6-8-15)12-27-20-4-2-1-3-17(20)23(22(27)30)28(21(29)13-31-23)16-9-10-18(25)19(26)11-16/h1-11H,12-13H2. The van der Waals surface area contributed by atoms with Gasteiger partial charge in [-0.1, -0.05) is 65.1 Å². The van der Waals surface area contributed by atoms with Crippen molar-refractivity contribution in [2.45, 2.75) is 11.4 Å². The molecule has 31 heavy (non-hydrogen) atoms. The molecule has 1 spiro atoms. The van der Waals surface area contributed by atoms with Gasteiger partial charge in [-0.2, -0.15) is 0 Å². The van der Waals surface area contributed by atoms with Crippen molar-refractivity contribution >= 4 is 69.8 Å². The zero-order valence-electron chi connectivity index (χ0n) is 16.0. The highest BCUT2D eigenvalue weighted by molar-refractivity contribution is 8.02. The fourth-order valence-electron chi connectivity index (χ4n) is 4.11. The number of nitrogens with zero attached hydrogens (tertiary/aromatic N) is 2. The molecule has 1 fully saturated rings. The van der Waals surface area contributed by atoms with Gasteiger partial charge < -0.3 is 4.90 Å². The number of amides is 2. The monoisotopic (exact) mass is 488 g/mol. The van der Waals surface area contributed by atoms with Gasteiger partial charge in [0.1, 0.15) is 0 Å². The Morgan fingerprint density at radius 3 is 2.39 bits per heavy atom. The number of benzene rings is 3. The lowest BCUT2D eigenvalue weighted by atomic mass is 10.0. The third-order valence-corrected chi connectivity index (χ3v) is 7.86. The van der Waals surface area contributed by atoms with E-state index in [-0.39, 0.29) is 17.6 Å². The van der Waals surface area contributed by atoms with Gasteiger partial charge in [-0.15, -0.1) is 11.8 Å². The van der Waals surface area contributed by atoms with Gasteiger partial charge in [0.2, 0.25) is 10.8 Å². The first-order valence-corrected chi connectivity index (χ1v) is 11.6. The number of halogens is 3. The van der Waals surface area contributed by atoms with Crippen LogP contribution in [0.4, 0.5) is 11.4 Å². The fraction of sp³-hybridized carbons (Fsp3) is 0.130. The fourth-order valence-corrected chi connectivity index (χ4v) is 5.89. The van der Waals surface area contributed by atoms with Gasteiger partial charge in [-0.05, 0) is 42.0 Å². The molecule has 2 heterocycles. The van der Waals surface area contributed by atoms with E-state index in [0.717, 1.165) is 16.8 Å². The number of hydrogen-bond donors (Lipinski definition) is 0. The van der Waals surface area contributed by atoms with Crippen molar-refractivity contribution in [3.05, 3.63) is 92.9 Å². The van der Waals surface area contributed by atoms with Gasteiger partial charge in [-0.3, -0.25) is 14.5 Å². The van der Waals surface area contributed by atoms with Gasteiger partial charge in [0.25, 0.3) is 5.91 Å². The van der Waals surface area contributed by atoms with Gasteiger partial charge in [0, 0.05) is 16.3 Å². The first-order valence-electron chi connectivity index (χ1n) is 9.50. The van der Waals surface area contributed by atoms with E-state index in [2.05, 4.69) is 0 Å². The summed E-state index contributed by atoms with van der Waals surface area (Å²) in [6.45, 7) is 0.374. The van der Waals surface area contributed by atoms with Crippen molar-refractivity contribution in [1.29, 1.82) is 0 Å². The maximum Gasteiger partial charge on any atom is 0.269 e. The number of hydrogen-bond acceptors (Lipinski definition) is 3. The Bertz CT molecular complexity index is 1220. The molecule has 1 saturated heterocycles. The van der Waals surface area contributed by atoms with Crippen molar-refractivity contribution < 1.29 is 9.59 Å². The summed E-state index contributed by atoms with van der Waals surface area (Å²) in [7, 11) is 0. The highest BCUT2D eigenvalue weighted by Gasteiger charge is 2.60. The lowest BCUT2D eigenvalue weighted by Crippen LogP contribution is -2.49. The van der Waals surface area contributed by atoms with E-state index >= 15 is 0 Å². The Hall–Kier alpha value is -2.18. The van der Waals surface area contributed by atoms with Crippen molar-refractivity contribution in [1.82, 2.24) is 0 Å². The Kier molecular flexibility index (Phi) is 5.18. The van der Waals surface area contributed by atoms with E-state index in [0.29, 0.717) is 27.3 Å². The van der Waals surface area contributed by atoms with Crippen LogP contribution in [-0.2, 0) is 21.0 Å². The molecule has 0 saturated carbocycles. The van der Waals surface area contributed by atoms with E-state index in [1.54, 1.807) is 40.1 Å². The third-order valence-electron chi connectivity index (χ3n) is 5.48. The van der Waals surface area contributed by atoms with E-state index in [9.17, 15) is 9.59 Å². The average molecular weight is 490 g/mol. The summed E-state index contributed by atoms with van der Waals surface area (Å²) in [5.41, 5.74) is 3.06. The SMILES string of the molecule is O=C1CSC2(C(=O)N(Cc3ccc(Cl)cc3)c3ccccc32)N1c1ccc(Cl)c(Cl)c1. The summed E-state index contributed by atoms with van der Waals surface area (Å²) >= 11 is 19.7. The molecule has 2 aliphatic rings. The molecular weight excluding hydrogens is 475 g/mol. The molecule has 2 aliphatic heterocycles. The van der Waals surface area contributed by atoms with Crippen LogP contribution in [0.5, 0.6) is 0 Å². The number of thioether (sulfide) groups is 1. The molecular formula is C23H15Cl3N2O2S. The molecule has 1 unspecified atom stereocenters. The first kappa shape index (κ1) is 20.7. The maximum absolute atomic E-state index is 14.0. The van der Waals surface area contributed by atoms with Crippen LogP contribution >= 0.6 is 46.6 Å². The van der Waals surface area contributed by atoms with Crippen LogP contribution in [0.25, 0.3) is 0 Å². The molecule has 1 atom stereocenters. The molecule has 0 N–H and O–H groups in total. The Labute approximate surface area is 198 Å². The van der Waals surface area contributed by atoms with Gasteiger partial charge in [0.15, 0.2) is 0 Å². The predicted molar refractivity (Wildman–Crippen MR) is 127 cm³/mol. The van der Waals surface area contributed by atoms with Crippen LogP contribution in [0.2, 0.25) is 15.1 Å². The summed E-state index contributed by atoms with van der Waals surface area (Å²) in [6, 6.07) is 20.0. The summed E-state index contributed by atoms with van der Waals surface area (Å²) in [6.07, 6.45) is 0. The minimum atomic E-state index is -1.18. The number of carbonyl (C=O) groups is 2. The molecule has 8 heteroatoms. The van der Waals surface area contributed by atoms with Gasteiger partial charge in [-0.25, -0.2) is 0 Å². The molecule has 0 aromatic heterocycles. The second kappa shape index (κ2) is 7.75. The van der Waals surface area contributed by atoms with E-state index in [1.165, 1.54) is 11.8 Å². The molecule has 3 aromatic carbocycles. The van der Waals surface area contributed by atoms with Crippen LogP contribution in [0.1, 0.15) is 11.1 Å². The Balaban J connectivity index is 1.63. The predicted octanol–water partition coefficient (Wildman–Crippen LogP) is 6.13. The largest absolute Gasteiger partial charge is 0.304 e. The lowest BCUT2D eigenvalue weighted by molar-refractivity contribution is -0.123. The zero-order valence-corrected chi connectivity index (χ0v) is 19.1. The molecule has 5 rings (SSSR count). The van der Waals surface area contributed by atoms with E-state index in [4.69, 9.17) is 34.8 Å². The van der Waals surface area contributed by atoms with Crippen LogP contribution in [0.15, 0.2) is 66.7 Å². The molecule has 4 nitrogen and oxygen atoms in total. The third kappa shape index (κ3) is 3.23. The van der Waals surface area contributed by atoms with Gasteiger partial charge in [0.05, 0.1) is 28.0 Å². The number of fused-ring (bicyclic) bond motifs is 2. The molecule has 0 radical (unpaired) electrons. The second-order valence-electron chi connectivity index (χ2n) is 7.30. The van der Waals surface area contributed by atoms with Crippen LogP contribution in [0, 0.1) is 0 Å². The average Bonchev–Trinajstić information content (AvgIpc) is 3.23. The summed E-state index contributed by atoms with van der Waals surface area (Å²) < 4.78 is 0. The summed E-state index contributed by atoms with van der Waals surface area (Å²) in [5.74, 6) is -0.125. The number of para-hydroxylation sites is 1. The van der Waals surface area contributed by atoms with Crippen LogP contribution < -0.4 is 9.80 Å². The molecule has 156 valence electrons. The topological polar surface area (TPSA) is 40.6 Å². The molecule has 3 aromatic rings. The highest BCUT2D eigenvalue weighted by atomic mass is 35.5. The van der Waals surface area contributed by atoms with Crippen molar-refractivity contribution in [3.8, 4) is 0 Å². The lowest BCUT2D eigenvalue weighted by Gasteiger charge is -2.33.